The molecule has 5 heteroatoms. The molecule has 0 unspecified atom stereocenters. The van der Waals surface area contributed by atoms with Crippen molar-refractivity contribution in [2.75, 3.05) is 7.11 Å². The maximum Gasteiger partial charge on any atom is 0.239 e. The maximum absolute atomic E-state index is 10.5. The van der Waals surface area contributed by atoms with Gasteiger partial charge in [0, 0.05) is 11.8 Å². The van der Waals surface area contributed by atoms with E-state index in [4.69, 9.17) is 4.74 Å². The summed E-state index contributed by atoms with van der Waals surface area (Å²) in [7, 11) is 1.53. The van der Waals surface area contributed by atoms with E-state index in [-0.39, 0.29) is 0 Å². The molecule has 0 aromatic heterocycles. The van der Waals surface area contributed by atoms with Crippen LogP contribution in [0.5, 0.6) is 5.75 Å². The first-order valence-corrected chi connectivity index (χ1v) is 4.51. The number of ether oxygens (including phenoxy) is 1. The van der Waals surface area contributed by atoms with Crippen LogP contribution in [0.3, 0.4) is 0 Å². The fourth-order valence-corrected chi connectivity index (χ4v) is 1.19. The van der Waals surface area contributed by atoms with Crippen molar-refractivity contribution in [2.24, 2.45) is 0 Å². The Labute approximate surface area is 87.5 Å². The van der Waals surface area contributed by atoms with Gasteiger partial charge in [0.1, 0.15) is 11.9 Å². The Bertz CT molecular complexity index is 336. The second kappa shape index (κ2) is 4.75. The molecule has 0 saturated carbocycles. The highest BCUT2D eigenvalue weighted by Gasteiger charge is 2.25. The van der Waals surface area contributed by atoms with Gasteiger partial charge in [0.05, 0.1) is 7.11 Å². The highest BCUT2D eigenvalue weighted by molar-refractivity contribution is 5.28. The molecular formula is C10H13NO4. The van der Waals surface area contributed by atoms with Gasteiger partial charge in [-0.2, -0.15) is 0 Å². The van der Waals surface area contributed by atoms with E-state index >= 15 is 0 Å². The summed E-state index contributed by atoms with van der Waals surface area (Å²) in [6.07, 6.45) is -1.09. The summed E-state index contributed by atoms with van der Waals surface area (Å²) in [5.74, 6) is 0.653. The molecule has 82 valence electrons. The van der Waals surface area contributed by atoms with Crippen LogP contribution in [0.1, 0.15) is 18.6 Å². The SMILES string of the molecule is COc1ccc([C@H](O)[C@H](C)[N+](=O)[O-])cc1. The molecular weight excluding hydrogens is 198 g/mol. The van der Waals surface area contributed by atoms with Crippen molar-refractivity contribution < 1.29 is 14.8 Å². The smallest absolute Gasteiger partial charge is 0.239 e. The lowest BCUT2D eigenvalue weighted by molar-refractivity contribution is -0.531. The third-order valence-electron chi connectivity index (χ3n) is 2.25. The van der Waals surface area contributed by atoms with Crippen LogP contribution in [-0.2, 0) is 0 Å². The third-order valence-corrected chi connectivity index (χ3v) is 2.25. The fraction of sp³-hybridized carbons (Fsp3) is 0.400. The number of benzene rings is 1. The van der Waals surface area contributed by atoms with Crippen LogP contribution in [0.2, 0.25) is 0 Å². The van der Waals surface area contributed by atoms with Crippen molar-refractivity contribution >= 4 is 0 Å². The molecule has 1 N–H and O–H groups in total. The highest BCUT2D eigenvalue weighted by atomic mass is 16.6. The van der Waals surface area contributed by atoms with E-state index in [9.17, 15) is 15.2 Å². The second-order valence-electron chi connectivity index (χ2n) is 3.24. The minimum absolute atomic E-state index is 0.505. The Hall–Kier alpha value is -1.62. The summed E-state index contributed by atoms with van der Waals surface area (Å²) in [5.41, 5.74) is 0.514. The van der Waals surface area contributed by atoms with Gasteiger partial charge >= 0.3 is 0 Å². The Kier molecular flexibility index (Phi) is 3.62. The molecule has 0 aliphatic heterocycles. The lowest BCUT2D eigenvalue weighted by Gasteiger charge is -2.12. The zero-order chi connectivity index (χ0) is 11.4. The van der Waals surface area contributed by atoms with Gasteiger partial charge in [0.25, 0.3) is 0 Å². The van der Waals surface area contributed by atoms with Gasteiger partial charge in [-0.3, -0.25) is 10.1 Å². The molecule has 15 heavy (non-hydrogen) atoms. The van der Waals surface area contributed by atoms with Gasteiger partial charge in [-0.25, -0.2) is 0 Å². The van der Waals surface area contributed by atoms with Crippen LogP contribution < -0.4 is 4.74 Å². The molecule has 0 fully saturated rings. The quantitative estimate of drug-likeness (QED) is 0.603. The molecule has 1 aromatic rings. The third kappa shape index (κ3) is 2.66. The Morgan fingerprint density at radius 1 is 1.40 bits per heavy atom. The number of hydrogen-bond donors (Lipinski definition) is 1. The van der Waals surface area contributed by atoms with Crippen LogP contribution in [0.4, 0.5) is 0 Å². The number of nitro groups is 1. The molecule has 5 nitrogen and oxygen atoms in total. The number of rotatable bonds is 4. The standard InChI is InChI=1S/C10H13NO4/c1-7(11(13)14)10(12)8-3-5-9(15-2)6-4-8/h3-7,10,12H,1-2H3/t7-,10+/m0/s1. The molecule has 0 aliphatic carbocycles. The average Bonchev–Trinajstić information content (AvgIpc) is 2.27. The van der Waals surface area contributed by atoms with E-state index in [1.54, 1.807) is 24.3 Å². The summed E-state index contributed by atoms with van der Waals surface area (Å²) < 4.78 is 4.94. The van der Waals surface area contributed by atoms with Gasteiger partial charge in [-0.1, -0.05) is 12.1 Å². The van der Waals surface area contributed by atoms with Gasteiger partial charge in [-0.05, 0) is 17.7 Å². The molecule has 0 bridgehead atoms. The molecule has 1 rings (SSSR count). The van der Waals surface area contributed by atoms with E-state index in [1.807, 2.05) is 0 Å². The zero-order valence-electron chi connectivity index (χ0n) is 8.58. The van der Waals surface area contributed by atoms with Crippen LogP contribution >= 0.6 is 0 Å². The van der Waals surface area contributed by atoms with E-state index in [0.717, 1.165) is 0 Å². The van der Waals surface area contributed by atoms with Crippen LogP contribution in [0.25, 0.3) is 0 Å². The number of hydrogen-bond acceptors (Lipinski definition) is 4. The first kappa shape index (κ1) is 11.5. The second-order valence-corrected chi connectivity index (χ2v) is 3.24. The summed E-state index contributed by atoms with van der Waals surface area (Å²) in [6.45, 7) is 1.37. The zero-order valence-corrected chi connectivity index (χ0v) is 8.58. The van der Waals surface area contributed by atoms with E-state index in [2.05, 4.69) is 0 Å². The van der Waals surface area contributed by atoms with E-state index < -0.39 is 17.1 Å². The van der Waals surface area contributed by atoms with Crippen LogP contribution in [0.15, 0.2) is 24.3 Å². The minimum Gasteiger partial charge on any atom is -0.497 e. The first-order chi connectivity index (χ1) is 7.06. The van der Waals surface area contributed by atoms with Crippen molar-refractivity contribution in [1.29, 1.82) is 0 Å². The Morgan fingerprint density at radius 2 is 1.93 bits per heavy atom. The van der Waals surface area contributed by atoms with Crippen molar-refractivity contribution in [3.63, 3.8) is 0 Å². The predicted molar refractivity (Wildman–Crippen MR) is 54.4 cm³/mol. The van der Waals surface area contributed by atoms with Crippen molar-refractivity contribution in [3.8, 4) is 5.75 Å². The van der Waals surface area contributed by atoms with E-state index in [0.29, 0.717) is 11.3 Å². The lowest BCUT2D eigenvalue weighted by Crippen LogP contribution is -2.23. The fourth-order valence-electron chi connectivity index (χ4n) is 1.19. The number of aliphatic hydroxyl groups is 1. The topological polar surface area (TPSA) is 72.6 Å². The molecule has 0 heterocycles. The summed E-state index contributed by atoms with van der Waals surface area (Å²) in [5, 5.41) is 20.1. The predicted octanol–water partition coefficient (Wildman–Crippen LogP) is 1.39. The van der Waals surface area contributed by atoms with Gasteiger partial charge < -0.3 is 9.84 Å². The molecule has 1 aromatic carbocycles. The van der Waals surface area contributed by atoms with Gasteiger partial charge in [-0.15, -0.1) is 0 Å². The van der Waals surface area contributed by atoms with Crippen LogP contribution in [0, 0.1) is 10.1 Å². The molecule has 0 saturated heterocycles. The number of aliphatic hydroxyl groups excluding tert-OH is 1. The molecule has 0 radical (unpaired) electrons. The first-order valence-electron chi connectivity index (χ1n) is 4.51. The Morgan fingerprint density at radius 3 is 2.33 bits per heavy atom. The molecule has 2 atom stereocenters. The van der Waals surface area contributed by atoms with Gasteiger partial charge in [0.15, 0.2) is 0 Å². The summed E-state index contributed by atoms with van der Waals surface area (Å²) >= 11 is 0. The van der Waals surface area contributed by atoms with E-state index in [1.165, 1.54) is 14.0 Å². The average molecular weight is 211 g/mol. The molecule has 0 spiro atoms. The highest BCUT2D eigenvalue weighted by Crippen LogP contribution is 2.21. The monoisotopic (exact) mass is 211 g/mol. The van der Waals surface area contributed by atoms with Crippen LogP contribution in [-0.4, -0.2) is 23.2 Å². The molecule has 0 amide bonds. The Balaban J connectivity index is 2.82. The lowest BCUT2D eigenvalue weighted by atomic mass is 10.0. The summed E-state index contributed by atoms with van der Waals surface area (Å²) in [4.78, 5) is 9.95. The largest absolute Gasteiger partial charge is 0.497 e. The maximum atomic E-state index is 10.5. The molecule has 0 aliphatic rings. The van der Waals surface area contributed by atoms with Crippen molar-refractivity contribution in [2.45, 2.75) is 19.1 Å². The van der Waals surface area contributed by atoms with Gasteiger partial charge in [0.2, 0.25) is 6.04 Å². The normalized spacial score (nSPS) is 14.3. The van der Waals surface area contributed by atoms with Crippen molar-refractivity contribution in [3.05, 3.63) is 39.9 Å². The number of methoxy groups -OCH3 is 1. The van der Waals surface area contributed by atoms with Crippen molar-refractivity contribution in [1.82, 2.24) is 0 Å². The summed E-state index contributed by atoms with van der Waals surface area (Å²) in [6, 6.07) is 5.53. The minimum atomic E-state index is -1.09. The number of nitrogens with zero attached hydrogens (tertiary/aromatic N) is 1.